The molecule has 0 aliphatic carbocycles. The second-order valence-corrected chi connectivity index (χ2v) is 6.88. The highest BCUT2D eigenvalue weighted by Crippen LogP contribution is 2.23. The normalized spacial score (nSPS) is 20.6. The van der Waals surface area contributed by atoms with Gasteiger partial charge in [-0.2, -0.15) is 9.40 Å². The van der Waals surface area contributed by atoms with Gasteiger partial charge < -0.3 is 5.73 Å². The summed E-state index contributed by atoms with van der Waals surface area (Å²) < 4.78 is 28.4. The van der Waals surface area contributed by atoms with Crippen LogP contribution in [0.2, 0.25) is 0 Å². The van der Waals surface area contributed by atoms with Gasteiger partial charge in [0.1, 0.15) is 0 Å². The van der Waals surface area contributed by atoms with Crippen LogP contribution in [0.3, 0.4) is 0 Å². The Hall–Kier alpha value is -0.630. The Kier molecular flexibility index (Phi) is 6.44. The first-order chi connectivity index (χ1) is 9.09. The number of halogens is 1. The van der Waals surface area contributed by atoms with Crippen LogP contribution >= 0.6 is 12.4 Å². The molecule has 20 heavy (non-hydrogen) atoms. The maximum absolute atomic E-state index is 12.6. The second-order valence-electron chi connectivity index (χ2n) is 5.00. The molecular weight excluding hydrogens is 300 g/mol. The first-order valence-electron chi connectivity index (χ1n) is 6.81. The van der Waals surface area contributed by atoms with Crippen molar-refractivity contribution in [2.45, 2.75) is 37.8 Å². The first-order valence-corrected chi connectivity index (χ1v) is 8.25. The third-order valence-corrected chi connectivity index (χ3v) is 5.42. The fourth-order valence-corrected chi connectivity index (χ4v) is 4.17. The van der Waals surface area contributed by atoms with Gasteiger partial charge >= 0.3 is 0 Å². The van der Waals surface area contributed by atoms with E-state index >= 15 is 0 Å². The smallest absolute Gasteiger partial charge is 0.260 e. The summed E-state index contributed by atoms with van der Waals surface area (Å²) in [6, 6.07) is 1.58. The van der Waals surface area contributed by atoms with E-state index < -0.39 is 10.0 Å². The molecule has 0 amide bonds. The Bertz CT molecular complexity index is 517. The average molecular weight is 323 g/mol. The van der Waals surface area contributed by atoms with Crippen LogP contribution in [0.5, 0.6) is 0 Å². The third kappa shape index (κ3) is 3.52. The van der Waals surface area contributed by atoms with Gasteiger partial charge in [-0.3, -0.25) is 4.68 Å². The largest absolute Gasteiger partial charge is 0.330 e. The highest BCUT2D eigenvalue weighted by atomic mass is 35.5. The van der Waals surface area contributed by atoms with Gasteiger partial charge in [-0.25, -0.2) is 8.42 Å². The highest BCUT2D eigenvalue weighted by molar-refractivity contribution is 7.89. The van der Waals surface area contributed by atoms with E-state index in [4.69, 9.17) is 5.73 Å². The molecule has 1 aromatic heterocycles. The quantitative estimate of drug-likeness (QED) is 0.879. The summed E-state index contributed by atoms with van der Waals surface area (Å²) in [6.45, 7) is 4.27. The van der Waals surface area contributed by atoms with Gasteiger partial charge in [-0.1, -0.05) is 6.92 Å². The molecule has 1 aliphatic heterocycles. The van der Waals surface area contributed by atoms with Crippen LogP contribution in [0.1, 0.15) is 26.2 Å². The Morgan fingerprint density at radius 2 is 2.25 bits per heavy atom. The molecule has 0 spiro atoms. The average Bonchev–Trinajstić information content (AvgIpc) is 2.88. The summed E-state index contributed by atoms with van der Waals surface area (Å²) in [5.41, 5.74) is 5.67. The van der Waals surface area contributed by atoms with Crippen LogP contribution in [0.25, 0.3) is 0 Å². The molecule has 0 saturated carbocycles. The zero-order valence-corrected chi connectivity index (χ0v) is 13.4. The molecule has 0 bridgehead atoms. The minimum atomic E-state index is -3.44. The lowest BCUT2D eigenvalue weighted by Gasteiger charge is -2.31. The lowest BCUT2D eigenvalue weighted by Crippen LogP contribution is -2.42. The van der Waals surface area contributed by atoms with Crippen molar-refractivity contribution in [2.24, 2.45) is 11.7 Å². The molecule has 0 radical (unpaired) electrons. The molecule has 1 aliphatic rings. The molecule has 6 nitrogen and oxygen atoms in total. The number of piperidine rings is 1. The second kappa shape index (κ2) is 7.40. The van der Waals surface area contributed by atoms with E-state index in [-0.39, 0.29) is 18.3 Å². The van der Waals surface area contributed by atoms with Gasteiger partial charge in [0.15, 0.2) is 5.03 Å². The summed E-state index contributed by atoms with van der Waals surface area (Å²) >= 11 is 0. The molecule has 1 fully saturated rings. The molecule has 2 heterocycles. The lowest BCUT2D eigenvalue weighted by atomic mass is 10.0. The van der Waals surface area contributed by atoms with Gasteiger partial charge in [-0.05, 0) is 37.8 Å². The number of hydrogen-bond acceptors (Lipinski definition) is 4. The highest BCUT2D eigenvalue weighted by Gasteiger charge is 2.31. The van der Waals surface area contributed by atoms with Crippen molar-refractivity contribution in [3.05, 3.63) is 12.3 Å². The Balaban J connectivity index is 0.00000200. The van der Waals surface area contributed by atoms with E-state index in [1.165, 1.54) is 0 Å². The minimum Gasteiger partial charge on any atom is -0.330 e. The van der Waals surface area contributed by atoms with Crippen molar-refractivity contribution in [3.8, 4) is 0 Å². The molecule has 1 aromatic rings. The van der Waals surface area contributed by atoms with Crippen LogP contribution in [0.4, 0.5) is 0 Å². The molecule has 8 heteroatoms. The summed E-state index contributed by atoms with van der Waals surface area (Å²) in [7, 11) is -3.44. The number of aryl methyl sites for hydroxylation is 1. The first kappa shape index (κ1) is 17.4. The standard InChI is InChI=1S/C12H22N4O2S.ClH/c1-2-7-16-12(5-6-14-16)19(17,18)15-8-3-4-11(9-13)10-15;/h5-6,11H,2-4,7-10,13H2,1H3;1H. The summed E-state index contributed by atoms with van der Waals surface area (Å²) in [5.74, 6) is 0.270. The van der Waals surface area contributed by atoms with Crippen molar-refractivity contribution in [1.29, 1.82) is 0 Å². The Morgan fingerprint density at radius 1 is 1.50 bits per heavy atom. The van der Waals surface area contributed by atoms with Crippen LogP contribution in [0.15, 0.2) is 17.3 Å². The number of rotatable bonds is 5. The topological polar surface area (TPSA) is 81.2 Å². The molecule has 0 aromatic carbocycles. The van der Waals surface area contributed by atoms with Gasteiger partial charge in [0.2, 0.25) is 0 Å². The zero-order chi connectivity index (χ0) is 13.9. The molecular formula is C12H23ClN4O2S. The van der Waals surface area contributed by atoms with Crippen LogP contribution in [-0.2, 0) is 16.6 Å². The minimum absolute atomic E-state index is 0. The molecule has 2 N–H and O–H groups in total. The Labute approximate surface area is 126 Å². The van der Waals surface area contributed by atoms with Crippen LogP contribution in [-0.4, -0.2) is 42.1 Å². The maximum Gasteiger partial charge on any atom is 0.260 e. The summed E-state index contributed by atoms with van der Waals surface area (Å²) in [4.78, 5) is 0. The van der Waals surface area contributed by atoms with Gasteiger partial charge in [-0.15, -0.1) is 12.4 Å². The molecule has 1 atom stereocenters. The molecule has 2 rings (SSSR count). The van der Waals surface area contributed by atoms with Crippen molar-refractivity contribution in [2.75, 3.05) is 19.6 Å². The van der Waals surface area contributed by atoms with E-state index in [1.54, 1.807) is 21.3 Å². The van der Waals surface area contributed by atoms with Crippen molar-refractivity contribution in [1.82, 2.24) is 14.1 Å². The van der Waals surface area contributed by atoms with Crippen molar-refractivity contribution >= 4 is 22.4 Å². The number of aromatic nitrogens is 2. The maximum atomic E-state index is 12.6. The summed E-state index contributed by atoms with van der Waals surface area (Å²) in [5, 5.41) is 4.39. The van der Waals surface area contributed by atoms with E-state index in [0.29, 0.717) is 31.2 Å². The fourth-order valence-electron chi connectivity index (χ4n) is 2.49. The van der Waals surface area contributed by atoms with E-state index in [0.717, 1.165) is 19.3 Å². The van der Waals surface area contributed by atoms with Crippen molar-refractivity contribution < 1.29 is 8.42 Å². The SMILES string of the molecule is CCCn1nccc1S(=O)(=O)N1CCCC(CN)C1.Cl. The number of nitrogens with zero attached hydrogens (tertiary/aromatic N) is 3. The van der Waals surface area contributed by atoms with Crippen LogP contribution < -0.4 is 5.73 Å². The van der Waals surface area contributed by atoms with Crippen LogP contribution in [0, 0.1) is 5.92 Å². The van der Waals surface area contributed by atoms with Gasteiger partial charge in [0.25, 0.3) is 10.0 Å². The van der Waals surface area contributed by atoms with E-state index in [2.05, 4.69) is 5.10 Å². The lowest BCUT2D eigenvalue weighted by molar-refractivity contribution is 0.269. The molecule has 116 valence electrons. The predicted molar refractivity (Wildman–Crippen MR) is 80.3 cm³/mol. The zero-order valence-electron chi connectivity index (χ0n) is 11.7. The number of nitrogens with two attached hydrogens (primary N) is 1. The fraction of sp³-hybridized carbons (Fsp3) is 0.750. The number of sulfonamides is 1. The Morgan fingerprint density at radius 3 is 2.90 bits per heavy atom. The van der Waals surface area contributed by atoms with Crippen molar-refractivity contribution in [3.63, 3.8) is 0 Å². The van der Waals surface area contributed by atoms with Gasteiger partial charge in [0, 0.05) is 19.6 Å². The van der Waals surface area contributed by atoms with E-state index in [9.17, 15) is 8.42 Å². The summed E-state index contributed by atoms with van der Waals surface area (Å²) in [6.07, 6.45) is 4.29. The van der Waals surface area contributed by atoms with E-state index in [1.807, 2.05) is 6.92 Å². The third-order valence-electron chi connectivity index (χ3n) is 3.53. The molecule has 1 saturated heterocycles. The molecule has 1 unspecified atom stereocenters. The predicted octanol–water partition coefficient (Wildman–Crippen LogP) is 1.07. The van der Waals surface area contributed by atoms with Gasteiger partial charge in [0.05, 0.1) is 6.20 Å². The monoisotopic (exact) mass is 322 g/mol. The number of hydrogen-bond donors (Lipinski definition) is 1.